The average molecular weight is 225 g/mol. The van der Waals surface area contributed by atoms with Gasteiger partial charge in [0.25, 0.3) is 0 Å². The zero-order chi connectivity index (χ0) is 10.8. The maximum atomic E-state index is 10.7. The quantitative estimate of drug-likeness (QED) is 0.571. The Bertz CT molecular complexity index is 381. The van der Waals surface area contributed by atoms with Gasteiger partial charge in [-0.2, -0.15) is 0 Å². The number of carbonyl (C=O) groups excluding carboxylic acids is 1. The highest BCUT2D eigenvalue weighted by atomic mass is 35.5. The number of rotatable bonds is 2. The Labute approximate surface area is 94.1 Å². The summed E-state index contributed by atoms with van der Waals surface area (Å²) in [4.78, 5) is 17.1. The van der Waals surface area contributed by atoms with Crippen molar-refractivity contribution in [3.05, 3.63) is 28.5 Å². The molecule has 0 bridgehead atoms. The third-order valence-electron chi connectivity index (χ3n) is 2.92. The van der Waals surface area contributed by atoms with E-state index in [1.165, 1.54) is 6.42 Å². The highest BCUT2D eigenvalue weighted by Crippen LogP contribution is 2.30. The predicted octanol–water partition coefficient (Wildman–Crippen LogP) is 2.31. The van der Waals surface area contributed by atoms with Crippen molar-refractivity contribution in [3.63, 3.8) is 0 Å². The molecule has 80 valence electrons. The van der Waals surface area contributed by atoms with E-state index in [1.807, 2.05) is 6.07 Å². The molecule has 1 aliphatic heterocycles. The fourth-order valence-electron chi connectivity index (χ4n) is 2.08. The van der Waals surface area contributed by atoms with E-state index in [9.17, 15) is 4.79 Å². The van der Waals surface area contributed by atoms with Crippen LogP contribution in [0.3, 0.4) is 0 Å². The summed E-state index contributed by atoms with van der Waals surface area (Å²) in [6.07, 6.45) is 4.84. The fraction of sp³-hybridized carbons (Fsp3) is 0.455. The van der Waals surface area contributed by atoms with Gasteiger partial charge in [-0.15, -0.1) is 0 Å². The molecule has 0 unspecified atom stereocenters. The van der Waals surface area contributed by atoms with Crippen LogP contribution in [0.15, 0.2) is 12.3 Å². The van der Waals surface area contributed by atoms with E-state index in [-0.39, 0.29) is 5.15 Å². The lowest BCUT2D eigenvalue weighted by Gasteiger charge is -2.19. The summed E-state index contributed by atoms with van der Waals surface area (Å²) in [5.74, 6) is 0. The number of aldehydes is 1. The second-order valence-corrected chi connectivity index (χ2v) is 4.26. The van der Waals surface area contributed by atoms with Crippen LogP contribution in [0.25, 0.3) is 0 Å². The molecule has 15 heavy (non-hydrogen) atoms. The third-order valence-corrected chi connectivity index (χ3v) is 3.24. The van der Waals surface area contributed by atoms with E-state index in [0.29, 0.717) is 11.6 Å². The lowest BCUT2D eigenvalue weighted by atomic mass is 10.1. The lowest BCUT2D eigenvalue weighted by molar-refractivity contribution is 0.112. The molecule has 2 rings (SSSR count). The van der Waals surface area contributed by atoms with Crippen LogP contribution >= 0.6 is 11.6 Å². The topological polar surface area (TPSA) is 33.2 Å². The Morgan fingerprint density at radius 2 is 2.47 bits per heavy atom. The SMILES string of the molecule is CN1CCC[C@H]1c1cnc(Cl)c(C=O)c1. The predicted molar refractivity (Wildman–Crippen MR) is 59.2 cm³/mol. The van der Waals surface area contributed by atoms with Crippen LogP contribution in [-0.4, -0.2) is 29.8 Å². The Morgan fingerprint density at radius 3 is 3.07 bits per heavy atom. The van der Waals surface area contributed by atoms with Gasteiger partial charge in [0, 0.05) is 12.2 Å². The molecule has 1 saturated heterocycles. The zero-order valence-corrected chi connectivity index (χ0v) is 9.37. The average Bonchev–Trinajstić information content (AvgIpc) is 2.65. The minimum absolute atomic E-state index is 0.286. The number of nitrogens with zero attached hydrogens (tertiary/aromatic N) is 2. The van der Waals surface area contributed by atoms with Crippen LogP contribution < -0.4 is 0 Å². The Kier molecular flexibility index (Phi) is 3.03. The molecular weight excluding hydrogens is 212 g/mol. The van der Waals surface area contributed by atoms with Gasteiger partial charge >= 0.3 is 0 Å². The highest BCUT2D eigenvalue weighted by Gasteiger charge is 2.23. The molecule has 0 spiro atoms. The number of likely N-dealkylation sites (tertiary alicyclic amines) is 1. The Balaban J connectivity index is 2.32. The monoisotopic (exact) mass is 224 g/mol. The van der Waals surface area contributed by atoms with Crippen molar-refractivity contribution < 1.29 is 4.79 Å². The van der Waals surface area contributed by atoms with Gasteiger partial charge in [0.1, 0.15) is 5.15 Å². The minimum atomic E-state index is 0.286. The van der Waals surface area contributed by atoms with Gasteiger partial charge in [0.05, 0.1) is 5.56 Å². The van der Waals surface area contributed by atoms with Gasteiger partial charge in [0.2, 0.25) is 0 Å². The molecule has 1 aromatic heterocycles. The summed E-state index contributed by atoms with van der Waals surface area (Å²) in [5.41, 5.74) is 1.57. The van der Waals surface area contributed by atoms with Gasteiger partial charge < -0.3 is 0 Å². The zero-order valence-electron chi connectivity index (χ0n) is 8.61. The van der Waals surface area contributed by atoms with Crippen LogP contribution in [0, 0.1) is 0 Å². The summed E-state index contributed by atoms with van der Waals surface area (Å²) < 4.78 is 0. The van der Waals surface area contributed by atoms with Crippen molar-refractivity contribution in [2.75, 3.05) is 13.6 Å². The highest BCUT2D eigenvalue weighted by molar-refractivity contribution is 6.31. The van der Waals surface area contributed by atoms with Crippen LogP contribution in [-0.2, 0) is 0 Å². The van der Waals surface area contributed by atoms with E-state index < -0.39 is 0 Å². The molecule has 0 amide bonds. The molecule has 1 aromatic rings. The van der Waals surface area contributed by atoms with Gasteiger partial charge in [-0.05, 0) is 38.1 Å². The first-order chi connectivity index (χ1) is 7.22. The summed E-state index contributed by atoms with van der Waals surface area (Å²) in [5, 5.41) is 0.286. The molecule has 0 saturated carbocycles. The molecular formula is C11H13ClN2O. The maximum absolute atomic E-state index is 10.7. The molecule has 1 aliphatic rings. The number of hydrogen-bond acceptors (Lipinski definition) is 3. The van der Waals surface area contributed by atoms with Crippen molar-refractivity contribution in [3.8, 4) is 0 Å². The van der Waals surface area contributed by atoms with E-state index in [0.717, 1.165) is 24.8 Å². The largest absolute Gasteiger partial charge is 0.299 e. The van der Waals surface area contributed by atoms with Crippen LogP contribution in [0.2, 0.25) is 5.15 Å². The number of aromatic nitrogens is 1. The first-order valence-electron chi connectivity index (χ1n) is 5.03. The van der Waals surface area contributed by atoms with Crippen molar-refractivity contribution in [2.24, 2.45) is 0 Å². The number of carbonyl (C=O) groups is 1. The van der Waals surface area contributed by atoms with Crippen LogP contribution in [0.5, 0.6) is 0 Å². The number of hydrogen-bond donors (Lipinski definition) is 0. The van der Waals surface area contributed by atoms with Crippen molar-refractivity contribution >= 4 is 17.9 Å². The number of pyridine rings is 1. The Hall–Kier alpha value is -0.930. The molecule has 2 heterocycles. The normalized spacial score (nSPS) is 21.9. The summed E-state index contributed by atoms with van der Waals surface area (Å²) in [7, 11) is 2.09. The second-order valence-electron chi connectivity index (χ2n) is 3.91. The van der Waals surface area contributed by atoms with E-state index in [4.69, 9.17) is 11.6 Å². The first kappa shape index (κ1) is 10.6. The lowest BCUT2D eigenvalue weighted by Crippen LogP contribution is -2.17. The summed E-state index contributed by atoms with van der Waals surface area (Å²) >= 11 is 5.78. The summed E-state index contributed by atoms with van der Waals surface area (Å²) in [6.45, 7) is 1.10. The molecule has 3 nitrogen and oxygen atoms in total. The molecule has 1 fully saturated rings. The smallest absolute Gasteiger partial charge is 0.153 e. The molecule has 0 radical (unpaired) electrons. The standard InChI is InChI=1S/C11H13ClN2O/c1-14-4-2-3-10(14)8-5-9(7-15)11(12)13-6-8/h5-7,10H,2-4H2,1H3/t10-/m0/s1. The van der Waals surface area contributed by atoms with Crippen molar-refractivity contribution in [2.45, 2.75) is 18.9 Å². The minimum Gasteiger partial charge on any atom is -0.299 e. The first-order valence-corrected chi connectivity index (χ1v) is 5.41. The van der Waals surface area contributed by atoms with E-state index >= 15 is 0 Å². The van der Waals surface area contributed by atoms with Gasteiger partial charge in [-0.3, -0.25) is 9.69 Å². The molecule has 0 aliphatic carbocycles. The molecule has 0 aromatic carbocycles. The second kappa shape index (κ2) is 4.29. The third kappa shape index (κ3) is 2.03. The van der Waals surface area contributed by atoms with Crippen LogP contribution in [0.4, 0.5) is 0 Å². The maximum Gasteiger partial charge on any atom is 0.153 e. The number of halogens is 1. The van der Waals surface area contributed by atoms with Gasteiger partial charge in [-0.1, -0.05) is 11.6 Å². The molecule has 4 heteroatoms. The van der Waals surface area contributed by atoms with Crippen molar-refractivity contribution in [1.29, 1.82) is 0 Å². The van der Waals surface area contributed by atoms with Crippen LogP contribution in [0.1, 0.15) is 34.8 Å². The molecule has 1 atom stereocenters. The van der Waals surface area contributed by atoms with E-state index in [2.05, 4.69) is 16.9 Å². The summed E-state index contributed by atoms with van der Waals surface area (Å²) in [6, 6.07) is 2.22. The van der Waals surface area contributed by atoms with Gasteiger partial charge in [0.15, 0.2) is 6.29 Å². The van der Waals surface area contributed by atoms with Crippen molar-refractivity contribution in [1.82, 2.24) is 9.88 Å². The Morgan fingerprint density at radius 1 is 1.67 bits per heavy atom. The van der Waals surface area contributed by atoms with Gasteiger partial charge in [-0.25, -0.2) is 4.98 Å². The van der Waals surface area contributed by atoms with E-state index in [1.54, 1.807) is 6.20 Å². The molecule has 0 N–H and O–H groups in total. The fourth-order valence-corrected chi connectivity index (χ4v) is 2.23.